The van der Waals surface area contributed by atoms with Crippen LogP contribution in [0.25, 0.3) is 0 Å². The topological polar surface area (TPSA) is 83.0 Å². The Kier molecular flexibility index (Phi) is 4.31. The summed E-state index contributed by atoms with van der Waals surface area (Å²) in [6, 6.07) is 4.81. The van der Waals surface area contributed by atoms with Crippen LogP contribution in [-0.2, 0) is 6.54 Å². The summed E-state index contributed by atoms with van der Waals surface area (Å²) in [6.45, 7) is 1.54. The minimum Gasteiger partial charge on any atom is -0.327 e. The van der Waals surface area contributed by atoms with Crippen LogP contribution >= 0.6 is 0 Å². The average molecular weight is 275 g/mol. The Balaban J connectivity index is 2.03. The van der Waals surface area contributed by atoms with Gasteiger partial charge in [-0.1, -0.05) is 0 Å². The summed E-state index contributed by atoms with van der Waals surface area (Å²) < 4.78 is 1.70. The lowest BCUT2D eigenvalue weighted by molar-refractivity contribution is 0.102. The second kappa shape index (κ2) is 6.16. The van der Waals surface area contributed by atoms with Crippen LogP contribution in [0.5, 0.6) is 0 Å². The molecule has 7 heteroatoms. The van der Waals surface area contributed by atoms with Crippen LogP contribution in [-0.4, -0.2) is 46.2 Å². The van der Waals surface area contributed by atoms with Gasteiger partial charge in [-0.05, 0) is 32.3 Å². The SMILES string of the molecule is CN(C)CCn1ccc(C(=O)Nc2ccc[nH]c2=O)n1. The van der Waals surface area contributed by atoms with E-state index < -0.39 is 5.91 Å². The number of H-pyrrole nitrogens is 1. The highest BCUT2D eigenvalue weighted by atomic mass is 16.2. The maximum Gasteiger partial charge on any atom is 0.276 e. The predicted octanol–water partition coefficient (Wildman–Crippen LogP) is 0.385. The lowest BCUT2D eigenvalue weighted by atomic mass is 10.3. The van der Waals surface area contributed by atoms with Gasteiger partial charge in [0.15, 0.2) is 5.69 Å². The Morgan fingerprint density at radius 3 is 2.95 bits per heavy atom. The molecule has 0 saturated heterocycles. The van der Waals surface area contributed by atoms with Gasteiger partial charge in [-0.15, -0.1) is 0 Å². The van der Waals surface area contributed by atoms with Gasteiger partial charge in [0.25, 0.3) is 11.5 Å². The normalized spacial score (nSPS) is 10.8. The standard InChI is InChI=1S/C13H17N5O2/c1-17(2)8-9-18-7-5-11(16-18)13(20)15-10-4-3-6-14-12(10)19/h3-7H,8-9H2,1-2H3,(H,14,19)(H,15,20). The van der Waals surface area contributed by atoms with Crippen molar-refractivity contribution in [2.24, 2.45) is 0 Å². The van der Waals surface area contributed by atoms with E-state index in [1.165, 1.54) is 6.20 Å². The summed E-state index contributed by atoms with van der Waals surface area (Å²) in [5.41, 5.74) is 0.153. The molecule has 2 aromatic heterocycles. The molecule has 2 aromatic rings. The highest BCUT2D eigenvalue weighted by molar-refractivity contribution is 6.02. The number of aromatic amines is 1. The van der Waals surface area contributed by atoms with Crippen LogP contribution < -0.4 is 10.9 Å². The summed E-state index contributed by atoms with van der Waals surface area (Å²) in [7, 11) is 3.94. The number of nitrogens with zero attached hydrogens (tertiary/aromatic N) is 3. The van der Waals surface area contributed by atoms with Gasteiger partial charge in [0.1, 0.15) is 5.69 Å². The first kappa shape index (κ1) is 14.0. The monoisotopic (exact) mass is 275 g/mol. The van der Waals surface area contributed by atoms with Crippen LogP contribution in [0, 0.1) is 0 Å². The Morgan fingerprint density at radius 2 is 2.25 bits per heavy atom. The van der Waals surface area contributed by atoms with E-state index in [1.807, 2.05) is 19.0 Å². The summed E-state index contributed by atoms with van der Waals surface area (Å²) in [5.74, 6) is -0.398. The smallest absolute Gasteiger partial charge is 0.276 e. The van der Waals surface area contributed by atoms with Gasteiger partial charge in [-0.2, -0.15) is 5.10 Å². The number of likely N-dealkylation sites (N-methyl/N-ethyl adjacent to an activating group) is 1. The maximum absolute atomic E-state index is 12.0. The van der Waals surface area contributed by atoms with E-state index in [-0.39, 0.29) is 16.9 Å². The molecular formula is C13H17N5O2. The molecule has 0 bridgehead atoms. The molecule has 0 fully saturated rings. The Hall–Kier alpha value is -2.41. The van der Waals surface area contributed by atoms with Gasteiger partial charge in [-0.3, -0.25) is 14.3 Å². The molecule has 106 valence electrons. The van der Waals surface area contributed by atoms with Crippen molar-refractivity contribution in [3.05, 3.63) is 46.6 Å². The molecule has 0 radical (unpaired) electrons. The first-order chi connectivity index (χ1) is 9.56. The molecule has 2 N–H and O–H groups in total. The van der Waals surface area contributed by atoms with Gasteiger partial charge in [0.05, 0.1) is 6.54 Å². The maximum atomic E-state index is 12.0. The molecule has 0 aromatic carbocycles. The van der Waals surface area contributed by atoms with Crippen molar-refractivity contribution < 1.29 is 4.79 Å². The van der Waals surface area contributed by atoms with Crippen LogP contribution in [0.4, 0.5) is 5.69 Å². The molecule has 0 spiro atoms. The molecule has 0 aliphatic carbocycles. The molecule has 0 aliphatic heterocycles. The fourth-order valence-electron chi connectivity index (χ4n) is 1.62. The van der Waals surface area contributed by atoms with Crippen molar-refractivity contribution in [3.8, 4) is 0 Å². The third-order valence-electron chi connectivity index (χ3n) is 2.72. The van der Waals surface area contributed by atoms with E-state index in [0.29, 0.717) is 6.54 Å². The molecule has 20 heavy (non-hydrogen) atoms. The molecule has 0 aliphatic rings. The van der Waals surface area contributed by atoms with Crippen LogP contribution in [0.1, 0.15) is 10.5 Å². The summed E-state index contributed by atoms with van der Waals surface area (Å²) in [6.07, 6.45) is 3.25. The van der Waals surface area contributed by atoms with Gasteiger partial charge in [-0.25, -0.2) is 0 Å². The minimum absolute atomic E-state index is 0.209. The molecule has 0 saturated carbocycles. The fourth-order valence-corrected chi connectivity index (χ4v) is 1.62. The van der Waals surface area contributed by atoms with Crippen molar-refractivity contribution in [2.45, 2.75) is 6.54 Å². The number of hydrogen-bond donors (Lipinski definition) is 2. The zero-order chi connectivity index (χ0) is 14.5. The first-order valence-electron chi connectivity index (χ1n) is 6.23. The number of nitrogens with one attached hydrogen (secondary N) is 2. The second-order valence-electron chi connectivity index (χ2n) is 4.63. The second-order valence-corrected chi connectivity index (χ2v) is 4.63. The molecule has 0 unspecified atom stereocenters. The molecule has 2 rings (SSSR count). The van der Waals surface area contributed by atoms with Gasteiger partial charge >= 0.3 is 0 Å². The Labute approximate surface area is 116 Å². The largest absolute Gasteiger partial charge is 0.327 e. The number of carbonyl (C=O) groups excluding carboxylic acids is 1. The number of carbonyl (C=O) groups is 1. The Bertz CT molecular complexity index is 644. The average Bonchev–Trinajstić information content (AvgIpc) is 2.88. The number of amides is 1. The van der Waals surface area contributed by atoms with E-state index in [1.54, 1.807) is 29.1 Å². The van der Waals surface area contributed by atoms with Crippen molar-refractivity contribution in [3.63, 3.8) is 0 Å². The lowest BCUT2D eigenvalue weighted by Crippen LogP contribution is -2.21. The van der Waals surface area contributed by atoms with E-state index >= 15 is 0 Å². The highest BCUT2D eigenvalue weighted by Gasteiger charge is 2.11. The predicted molar refractivity (Wildman–Crippen MR) is 75.8 cm³/mol. The van der Waals surface area contributed by atoms with Crippen molar-refractivity contribution in [1.29, 1.82) is 0 Å². The summed E-state index contributed by atoms with van der Waals surface area (Å²) in [4.78, 5) is 28.0. The molecule has 1 amide bonds. The molecule has 0 atom stereocenters. The summed E-state index contributed by atoms with van der Waals surface area (Å²) in [5, 5.41) is 6.71. The van der Waals surface area contributed by atoms with E-state index in [9.17, 15) is 9.59 Å². The number of aromatic nitrogens is 3. The van der Waals surface area contributed by atoms with Gasteiger partial charge in [0, 0.05) is 18.9 Å². The van der Waals surface area contributed by atoms with Crippen molar-refractivity contribution in [1.82, 2.24) is 19.7 Å². The van der Waals surface area contributed by atoms with Gasteiger partial charge < -0.3 is 15.2 Å². The first-order valence-corrected chi connectivity index (χ1v) is 6.23. The quantitative estimate of drug-likeness (QED) is 0.826. The van der Waals surface area contributed by atoms with E-state index in [4.69, 9.17) is 0 Å². The minimum atomic E-state index is -0.398. The van der Waals surface area contributed by atoms with Crippen LogP contribution in [0.15, 0.2) is 35.4 Å². The Morgan fingerprint density at radius 1 is 1.45 bits per heavy atom. The van der Waals surface area contributed by atoms with E-state index in [2.05, 4.69) is 15.4 Å². The third-order valence-corrected chi connectivity index (χ3v) is 2.72. The lowest BCUT2D eigenvalue weighted by Gasteiger charge is -2.08. The number of pyridine rings is 1. The van der Waals surface area contributed by atoms with Crippen LogP contribution in [0.2, 0.25) is 0 Å². The number of anilines is 1. The summed E-state index contributed by atoms with van der Waals surface area (Å²) >= 11 is 0. The zero-order valence-electron chi connectivity index (χ0n) is 11.5. The van der Waals surface area contributed by atoms with Gasteiger partial charge in [0.2, 0.25) is 0 Å². The fraction of sp³-hybridized carbons (Fsp3) is 0.308. The van der Waals surface area contributed by atoms with Crippen LogP contribution in [0.3, 0.4) is 0 Å². The van der Waals surface area contributed by atoms with Crippen molar-refractivity contribution in [2.75, 3.05) is 26.0 Å². The highest BCUT2D eigenvalue weighted by Crippen LogP contribution is 2.02. The number of rotatable bonds is 5. The number of hydrogen-bond acceptors (Lipinski definition) is 4. The van der Waals surface area contributed by atoms with E-state index in [0.717, 1.165) is 6.54 Å². The van der Waals surface area contributed by atoms with Crippen molar-refractivity contribution >= 4 is 11.6 Å². The molecule has 7 nitrogen and oxygen atoms in total. The molecular weight excluding hydrogens is 258 g/mol. The zero-order valence-corrected chi connectivity index (χ0v) is 11.5. The molecule has 2 heterocycles. The third kappa shape index (κ3) is 3.55.